The standard InChI is InChI=1S/C13H18N2O3/c1-4-12(16)14-10-5-7-11(8-6-10)15-13(17)9(2)18-3/h5-9H,4H2,1-3H3,(H,14,16)(H,15,17). The number of nitrogens with one attached hydrogen (secondary N) is 2. The number of amides is 2. The van der Waals surface area contributed by atoms with E-state index in [2.05, 4.69) is 10.6 Å². The number of ether oxygens (including phenoxy) is 1. The zero-order chi connectivity index (χ0) is 13.5. The lowest BCUT2D eigenvalue weighted by atomic mass is 10.2. The maximum Gasteiger partial charge on any atom is 0.253 e. The topological polar surface area (TPSA) is 67.4 Å². The van der Waals surface area contributed by atoms with E-state index in [0.717, 1.165) is 0 Å². The summed E-state index contributed by atoms with van der Waals surface area (Å²) in [6, 6.07) is 6.93. The number of carbonyl (C=O) groups excluding carboxylic acids is 2. The van der Waals surface area contributed by atoms with Crippen molar-refractivity contribution in [3.63, 3.8) is 0 Å². The van der Waals surface area contributed by atoms with E-state index >= 15 is 0 Å². The molecule has 1 aromatic carbocycles. The molecule has 0 fully saturated rings. The SMILES string of the molecule is CCC(=O)Nc1ccc(NC(=O)C(C)OC)cc1. The highest BCUT2D eigenvalue weighted by Crippen LogP contribution is 2.14. The Balaban J connectivity index is 2.60. The molecule has 0 aliphatic rings. The summed E-state index contributed by atoms with van der Waals surface area (Å²) in [5.74, 6) is -0.248. The second-order valence-electron chi connectivity index (χ2n) is 3.85. The Bertz CT molecular complexity index is 415. The molecular formula is C13H18N2O3. The van der Waals surface area contributed by atoms with Crippen LogP contribution in [0, 0.1) is 0 Å². The van der Waals surface area contributed by atoms with Gasteiger partial charge in [-0.3, -0.25) is 9.59 Å². The molecule has 0 aliphatic carbocycles. The first kappa shape index (κ1) is 14.2. The Morgan fingerprint density at radius 1 is 1.17 bits per heavy atom. The highest BCUT2D eigenvalue weighted by molar-refractivity contribution is 5.94. The molecule has 98 valence electrons. The van der Waals surface area contributed by atoms with E-state index in [9.17, 15) is 9.59 Å². The van der Waals surface area contributed by atoms with Crippen molar-refractivity contribution in [2.45, 2.75) is 26.4 Å². The molecule has 0 aromatic heterocycles. The van der Waals surface area contributed by atoms with Gasteiger partial charge in [0, 0.05) is 24.9 Å². The summed E-state index contributed by atoms with van der Waals surface area (Å²) in [6.07, 6.45) is -0.0615. The highest BCUT2D eigenvalue weighted by atomic mass is 16.5. The minimum atomic E-state index is -0.496. The number of rotatable bonds is 5. The van der Waals surface area contributed by atoms with E-state index in [0.29, 0.717) is 17.8 Å². The molecular weight excluding hydrogens is 232 g/mol. The number of hydrogen-bond donors (Lipinski definition) is 2. The van der Waals surface area contributed by atoms with Crippen molar-refractivity contribution >= 4 is 23.2 Å². The van der Waals surface area contributed by atoms with Crippen molar-refractivity contribution in [3.8, 4) is 0 Å². The Morgan fingerprint density at radius 2 is 1.67 bits per heavy atom. The minimum Gasteiger partial charge on any atom is -0.372 e. The van der Waals surface area contributed by atoms with Crippen LogP contribution in [0.3, 0.4) is 0 Å². The molecule has 5 heteroatoms. The van der Waals surface area contributed by atoms with Crippen LogP contribution in [-0.2, 0) is 14.3 Å². The van der Waals surface area contributed by atoms with Crippen molar-refractivity contribution < 1.29 is 14.3 Å². The lowest BCUT2D eigenvalue weighted by Gasteiger charge is -2.11. The number of hydrogen-bond acceptors (Lipinski definition) is 3. The van der Waals surface area contributed by atoms with E-state index in [4.69, 9.17) is 4.74 Å². The maximum atomic E-state index is 11.5. The van der Waals surface area contributed by atoms with Crippen molar-refractivity contribution in [1.82, 2.24) is 0 Å². The van der Waals surface area contributed by atoms with Crippen LogP contribution in [0.15, 0.2) is 24.3 Å². The average Bonchev–Trinajstić information content (AvgIpc) is 2.39. The van der Waals surface area contributed by atoms with Gasteiger partial charge in [-0.25, -0.2) is 0 Å². The molecule has 0 bridgehead atoms. The summed E-state index contributed by atoms with van der Waals surface area (Å²) < 4.78 is 4.91. The molecule has 1 aromatic rings. The van der Waals surface area contributed by atoms with E-state index < -0.39 is 6.10 Å². The van der Waals surface area contributed by atoms with Gasteiger partial charge in [-0.1, -0.05) is 6.92 Å². The van der Waals surface area contributed by atoms with Gasteiger partial charge in [-0.2, -0.15) is 0 Å². The van der Waals surface area contributed by atoms with Crippen LogP contribution < -0.4 is 10.6 Å². The fraction of sp³-hybridized carbons (Fsp3) is 0.385. The number of anilines is 2. The van der Waals surface area contributed by atoms with Crippen molar-refractivity contribution in [3.05, 3.63) is 24.3 Å². The van der Waals surface area contributed by atoms with Crippen molar-refractivity contribution in [2.75, 3.05) is 17.7 Å². The first-order chi connectivity index (χ1) is 8.56. The molecule has 18 heavy (non-hydrogen) atoms. The monoisotopic (exact) mass is 250 g/mol. The summed E-state index contributed by atoms with van der Waals surface area (Å²) in [6.45, 7) is 3.46. The maximum absolute atomic E-state index is 11.5. The fourth-order valence-electron chi connectivity index (χ4n) is 1.24. The molecule has 0 saturated carbocycles. The summed E-state index contributed by atoms with van der Waals surface area (Å²) >= 11 is 0. The summed E-state index contributed by atoms with van der Waals surface area (Å²) in [5.41, 5.74) is 1.37. The first-order valence-corrected chi connectivity index (χ1v) is 5.80. The predicted octanol–water partition coefficient (Wildman–Crippen LogP) is 2.01. The van der Waals surface area contributed by atoms with E-state index in [1.54, 1.807) is 38.1 Å². The van der Waals surface area contributed by atoms with Gasteiger partial charge in [0.05, 0.1) is 0 Å². The average molecular weight is 250 g/mol. The molecule has 2 amide bonds. The van der Waals surface area contributed by atoms with Gasteiger partial charge in [-0.15, -0.1) is 0 Å². The zero-order valence-corrected chi connectivity index (χ0v) is 10.8. The summed E-state index contributed by atoms with van der Waals surface area (Å²) in [7, 11) is 1.48. The van der Waals surface area contributed by atoms with Crippen LogP contribution in [0.5, 0.6) is 0 Å². The van der Waals surface area contributed by atoms with Gasteiger partial charge >= 0.3 is 0 Å². The molecule has 0 saturated heterocycles. The third-order valence-electron chi connectivity index (χ3n) is 2.48. The molecule has 1 rings (SSSR count). The quantitative estimate of drug-likeness (QED) is 0.840. The lowest BCUT2D eigenvalue weighted by molar-refractivity contribution is -0.124. The van der Waals surface area contributed by atoms with Crippen molar-refractivity contribution in [1.29, 1.82) is 0 Å². The van der Waals surface area contributed by atoms with Gasteiger partial charge in [0.2, 0.25) is 5.91 Å². The lowest BCUT2D eigenvalue weighted by Crippen LogP contribution is -2.26. The smallest absolute Gasteiger partial charge is 0.253 e. The highest BCUT2D eigenvalue weighted by Gasteiger charge is 2.11. The van der Waals surface area contributed by atoms with Crippen LogP contribution in [0.25, 0.3) is 0 Å². The van der Waals surface area contributed by atoms with Crippen LogP contribution in [0.2, 0.25) is 0 Å². The van der Waals surface area contributed by atoms with Crippen molar-refractivity contribution in [2.24, 2.45) is 0 Å². The van der Waals surface area contributed by atoms with Gasteiger partial charge < -0.3 is 15.4 Å². The van der Waals surface area contributed by atoms with E-state index in [1.165, 1.54) is 7.11 Å². The number of methoxy groups -OCH3 is 1. The van der Waals surface area contributed by atoms with E-state index in [1.807, 2.05) is 0 Å². The van der Waals surface area contributed by atoms with Gasteiger partial charge in [0.15, 0.2) is 0 Å². The Labute approximate surface area is 107 Å². The van der Waals surface area contributed by atoms with Crippen LogP contribution in [-0.4, -0.2) is 25.0 Å². The fourth-order valence-corrected chi connectivity index (χ4v) is 1.24. The van der Waals surface area contributed by atoms with Gasteiger partial charge in [0.1, 0.15) is 6.10 Å². The number of benzene rings is 1. The normalized spacial score (nSPS) is 11.7. The third kappa shape index (κ3) is 4.18. The molecule has 2 N–H and O–H groups in total. The van der Waals surface area contributed by atoms with Crippen LogP contribution in [0.4, 0.5) is 11.4 Å². The number of carbonyl (C=O) groups is 2. The minimum absolute atomic E-state index is 0.0419. The molecule has 5 nitrogen and oxygen atoms in total. The second-order valence-corrected chi connectivity index (χ2v) is 3.85. The van der Waals surface area contributed by atoms with Gasteiger partial charge in [0.25, 0.3) is 5.91 Å². The molecule has 0 heterocycles. The van der Waals surface area contributed by atoms with Crippen LogP contribution in [0.1, 0.15) is 20.3 Å². The molecule has 0 aliphatic heterocycles. The Hall–Kier alpha value is -1.88. The van der Waals surface area contributed by atoms with Gasteiger partial charge in [-0.05, 0) is 31.2 Å². The zero-order valence-electron chi connectivity index (χ0n) is 10.8. The third-order valence-corrected chi connectivity index (χ3v) is 2.48. The molecule has 0 spiro atoms. The molecule has 0 radical (unpaired) electrons. The largest absolute Gasteiger partial charge is 0.372 e. The molecule has 1 atom stereocenters. The summed E-state index contributed by atoms with van der Waals surface area (Å²) in [4.78, 5) is 22.7. The summed E-state index contributed by atoms with van der Waals surface area (Å²) in [5, 5.41) is 5.44. The first-order valence-electron chi connectivity index (χ1n) is 5.80. The second kappa shape index (κ2) is 6.76. The predicted molar refractivity (Wildman–Crippen MR) is 70.5 cm³/mol. The van der Waals surface area contributed by atoms with E-state index in [-0.39, 0.29) is 11.8 Å². The Morgan fingerprint density at radius 3 is 2.11 bits per heavy atom. The van der Waals surface area contributed by atoms with Crippen LogP contribution >= 0.6 is 0 Å². The Kier molecular flexibility index (Phi) is 5.32. The molecule has 1 unspecified atom stereocenters.